The number of hydrogen-bond acceptors (Lipinski definition) is 2. The van der Waals surface area contributed by atoms with Crippen molar-refractivity contribution in [1.82, 2.24) is 0 Å². The molecule has 15 heavy (non-hydrogen) atoms. The predicted molar refractivity (Wildman–Crippen MR) is 75.2 cm³/mol. The SMILES string of the molecule is CC1(C)C=C(C(C)(C)C)SSC(C)(C)C1. The van der Waals surface area contributed by atoms with Crippen LogP contribution in [-0.4, -0.2) is 4.75 Å². The van der Waals surface area contributed by atoms with Crippen molar-refractivity contribution in [1.29, 1.82) is 0 Å². The molecule has 0 bridgehead atoms. The lowest BCUT2D eigenvalue weighted by Crippen LogP contribution is -2.22. The van der Waals surface area contributed by atoms with Crippen molar-refractivity contribution in [2.75, 3.05) is 0 Å². The van der Waals surface area contributed by atoms with E-state index in [1.807, 2.05) is 21.6 Å². The first-order valence-electron chi connectivity index (χ1n) is 5.61. The maximum Gasteiger partial charge on any atom is 0.0218 e. The summed E-state index contributed by atoms with van der Waals surface area (Å²) < 4.78 is 0.373. The third-order valence-electron chi connectivity index (χ3n) is 2.50. The van der Waals surface area contributed by atoms with Gasteiger partial charge in [0.25, 0.3) is 0 Å². The van der Waals surface area contributed by atoms with Crippen molar-refractivity contribution in [2.45, 2.75) is 59.6 Å². The molecule has 0 saturated carbocycles. The summed E-state index contributed by atoms with van der Waals surface area (Å²) in [6, 6.07) is 0. The van der Waals surface area contributed by atoms with Gasteiger partial charge in [0.2, 0.25) is 0 Å². The Balaban J connectivity index is 2.99. The molecule has 88 valence electrons. The molecule has 0 atom stereocenters. The zero-order chi connectivity index (χ0) is 11.9. The normalized spacial score (nSPS) is 25.7. The van der Waals surface area contributed by atoms with Crippen LogP contribution in [0.3, 0.4) is 0 Å². The Morgan fingerprint density at radius 1 is 1.13 bits per heavy atom. The molecule has 0 radical (unpaired) electrons. The van der Waals surface area contributed by atoms with Crippen LogP contribution >= 0.6 is 21.6 Å². The third kappa shape index (κ3) is 4.07. The molecule has 0 aromatic heterocycles. The summed E-state index contributed by atoms with van der Waals surface area (Å²) in [5, 5.41) is 0. The molecule has 0 saturated heterocycles. The van der Waals surface area contributed by atoms with Crippen LogP contribution in [0.2, 0.25) is 0 Å². The number of rotatable bonds is 0. The smallest absolute Gasteiger partial charge is 0.0218 e. The van der Waals surface area contributed by atoms with E-state index in [0.29, 0.717) is 10.2 Å². The van der Waals surface area contributed by atoms with Crippen LogP contribution in [0.25, 0.3) is 0 Å². The van der Waals surface area contributed by atoms with E-state index < -0.39 is 0 Å². The maximum atomic E-state index is 2.49. The van der Waals surface area contributed by atoms with Gasteiger partial charge in [-0.05, 0) is 36.0 Å². The van der Waals surface area contributed by atoms with Gasteiger partial charge < -0.3 is 0 Å². The minimum Gasteiger partial charge on any atom is -0.0830 e. The monoisotopic (exact) mass is 244 g/mol. The van der Waals surface area contributed by atoms with Gasteiger partial charge in [-0.3, -0.25) is 0 Å². The molecule has 0 aromatic rings. The molecule has 1 heterocycles. The van der Waals surface area contributed by atoms with E-state index in [1.165, 1.54) is 11.3 Å². The van der Waals surface area contributed by atoms with Gasteiger partial charge in [-0.1, -0.05) is 62.3 Å². The van der Waals surface area contributed by atoms with E-state index >= 15 is 0 Å². The molecule has 0 unspecified atom stereocenters. The van der Waals surface area contributed by atoms with Gasteiger partial charge in [0.15, 0.2) is 0 Å². The van der Waals surface area contributed by atoms with Crippen molar-refractivity contribution < 1.29 is 0 Å². The largest absolute Gasteiger partial charge is 0.0830 e. The van der Waals surface area contributed by atoms with Crippen LogP contribution in [0, 0.1) is 10.8 Å². The Labute approximate surface area is 103 Å². The highest BCUT2D eigenvalue weighted by Gasteiger charge is 2.34. The van der Waals surface area contributed by atoms with Crippen LogP contribution in [0.4, 0.5) is 0 Å². The summed E-state index contributed by atoms with van der Waals surface area (Å²) in [6.07, 6.45) is 3.73. The summed E-state index contributed by atoms with van der Waals surface area (Å²) in [5.41, 5.74) is 0.609. The molecule has 1 aliphatic heterocycles. The number of hydrogen-bond donors (Lipinski definition) is 0. The Morgan fingerprint density at radius 3 is 2.13 bits per heavy atom. The standard InChI is InChI=1S/C13H24S2/c1-11(2,3)10-8-12(4,5)9-13(6,7)15-14-10/h8H,9H2,1-7H3. The first-order valence-corrected chi connectivity index (χ1v) is 7.76. The van der Waals surface area contributed by atoms with E-state index in [1.54, 1.807) is 0 Å². The Morgan fingerprint density at radius 2 is 1.67 bits per heavy atom. The molecular weight excluding hydrogens is 220 g/mol. The molecule has 1 rings (SSSR count). The van der Waals surface area contributed by atoms with Gasteiger partial charge in [-0.2, -0.15) is 0 Å². The molecular formula is C13H24S2. The highest BCUT2D eigenvalue weighted by Crippen LogP contribution is 2.54. The topological polar surface area (TPSA) is 0 Å². The lowest BCUT2D eigenvalue weighted by atomic mass is 9.81. The molecule has 0 spiro atoms. The lowest BCUT2D eigenvalue weighted by molar-refractivity contribution is 0.384. The quantitative estimate of drug-likeness (QED) is 0.516. The average molecular weight is 244 g/mol. The third-order valence-corrected chi connectivity index (χ3v) is 6.23. The molecule has 0 aliphatic carbocycles. The Kier molecular flexibility index (Phi) is 3.63. The van der Waals surface area contributed by atoms with Crippen molar-refractivity contribution in [3.63, 3.8) is 0 Å². The summed E-state index contributed by atoms with van der Waals surface area (Å²) in [7, 11) is 4.00. The summed E-state index contributed by atoms with van der Waals surface area (Å²) in [5.74, 6) is 0. The highest BCUT2D eigenvalue weighted by molar-refractivity contribution is 8.78. The summed E-state index contributed by atoms with van der Waals surface area (Å²) in [6.45, 7) is 16.3. The molecule has 0 fully saturated rings. The second-order valence-corrected chi connectivity index (χ2v) is 9.73. The Hall–Kier alpha value is 0.440. The fourth-order valence-electron chi connectivity index (χ4n) is 2.06. The van der Waals surface area contributed by atoms with Crippen LogP contribution in [0.15, 0.2) is 11.0 Å². The van der Waals surface area contributed by atoms with Crippen molar-refractivity contribution in [3.8, 4) is 0 Å². The van der Waals surface area contributed by atoms with Gasteiger partial charge in [-0.25, -0.2) is 0 Å². The first kappa shape index (κ1) is 13.5. The lowest BCUT2D eigenvalue weighted by Gasteiger charge is -2.29. The zero-order valence-corrected chi connectivity index (χ0v) is 12.7. The van der Waals surface area contributed by atoms with Crippen molar-refractivity contribution >= 4 is 21.6 Å². The van der Waals surface area contributed by atoms with Gasteiger partial charge in [0.05, 0.1) is 0 Å². The van der Waals surface area contributed by atoms with Gasteiger partial charge in [-0.15, -0.1) is 0 Å². The van der Waals surface area contributed by atoms with Crippen LogP contribution in [0.1, 0.15) is 54.9 Å². The molecule has 0 nitrogen and oxygen atoms in total. The first-order chi connectivity index (χ1) is 6.52. The Bertz CT molecular complexity index is 267. The van der Waals surface area contributed by atoms with Crippen molar-refractivity contribution in [2.24, 2.45) is 10.8 Å². The van der Waals surface area contributed by atoms with E-state index in [2.05, 4.69) is 54.5 Å². The summed E-state index contributed by atoms with van der Waals surface area (Å²) >= 11 is 0. The van der Waals surface area contributed by atoms with E-state index in [9.17, 15) is 0 Å². The van der Waals surface area contributed by atoms with Gasteiger partial charge in [0, 0.05) is 4.75 Å². The van der Waals surface area contributed by atoms with Crippen LogP contribution in [-0.2, 0) is 0 Å². The van der Waals surface area contributed by atoms with E-state index in [4.69, 9.17) is 0 Å². The molecule has 2 heteroatoms. The highest BCUT2D eigenvalue weighted by atomic mass is 33.1. The fourth-order valence-corrected chi connectivity index (χ4v) is 5.44. The van der Waals surface area contributed by atoms with Crippen LogP contribution < -0.4 is 0 Å². The minimum absolute atomic E-state index is 0.287. The zero-order valence-electron chi connectivity index (χ0n) is 11.1. The summed E-state index contributed by atoms with van der Waals surface area (Å²) in [4.78, 5) is 1.53. The maximum absolute atomic E-state index is 2.49. The van der Waals surface area contributed by atoms with Crippen molar-refractivity contribution in [3.05, 3.63) is 11.0 Å². The second kappa shape index (κ2) is 4.03. The van der Waals surface area contributed by atoms with Gasteiger partial charge >= 0.3 is 0 Å². The predicted octanol–water partition coefficient (Wildman–Crippen LogP) is 5.51. The van der Waals surface area contributed by atoms with E-state index in [-0.39, 0.29) is 5.41 Å². The molecule has 0 amide bonds. The number of allylic oxidation sites excluding steroid dienone is 2. The average Bonchev–Trinajstić information content (AvgIpc) is 2.02. The molecule has 0 N–H and O–H groups in total. The van der Waals surface area contributed by atoms with E-state index in [0.717, 1.165) is 0 Å². The minimum atomic E-state index is 0.287. The fraction of sp³-hybridized carbons (Fsp3) is 0.846. The van der Waals surface area contributed by atoms with Crippen LogP contribution in [0.5, 0.6) is 0 Å². The molecule has 1 aliphatic rings. The van der Waals surface area contributed by atoms with Gasteiger partial charge in [0.1, 0.15) is 0 Å². The second-order valence-electron chi connectivity index (χ2n) is 6.85. The molecule has 0 aromatic carbocycles.